The van der Waals surface area contributed by atoms with Gasteiger partial charge in [0.25, 0.3) is 0 Å². The molecule has 1 saturated carbocycles. The van der Waals surface area contributed by atoms with Gasteiger partial charge in [-0.2, -0.15) is 0 Å². The first-order chi connectivity index (χ1) is 5.38. The van der Waals surface area contributed by atoms with Gasteiger partial charge in [0, 0.05) is 11.8 Å². The Hall–Kier alpha value is -0.850. The van der Waals surface area contributed by atoms with E-state index in [2.05, 4.69) is 24.3 Å². The third kappa shape index (κ3) is 0.515. The summed E-state index contributed by atoms with van der Waals surface area (Å²) in [7, 11) is 0. The zero-order valence-corrected chi connectivity index (χ0v) is 6.23. The Bertz CT molecular complexity index is 275. The van der Waals surface area contributed by atoms with Crippen LogP contribution in [0.15, 0.2) is 24.3 Å². The van der Waals surface area contributed by atoms with Crippen LogP contribution in [0.1, 0.15) is 6.42 Å². The fourth-order valence-corrected chi connectivity index (χ4v) is 2.79. The molecule has 0 saturated heterocycles. The minimum Gasteiger partial charge on any atom is -0.298 e. The first kappa shape index (κ1) is 5.76. The van der Waals surface area contributed by atoms with Gasteiger partial charge in [-0.15, -0.1) is 0 Å². The maximum Gasteiger partial charge on any atom is 0.147 e. The van der Waals surface area contributed by atoms with Crippen molar-refractivity contribution in [3.05, 3.63) is 24.3 Å². The van der Waals surface area contributed by atoms with Crippen molar-refractivity contribution in [2.45, 2.75) is 6.42 Å². The number of rotatable bonds is 0. The number of carbonyl (C=O) groups excluding carboxylic acids is 1. The summed E-state index contributed by atoms with van der Waals surface area (Å²) in [6.07, 6.45) is 9.80. The Balaban J connectivity index is 2.10. The van der Waals surface area contributed by atoms with E-state index in [1.807, 2.05) is 0 Å². The molecule has 0 aliphatic heterocycles. The standard InChI is InChI=1S/C10H10O/c11-10-8-4-5-9(10)7-3-1-2-6(7)8/h1-2,4-9H,3H2/t6-,7+,8-,9+/m0/s1. The average molecular weight is 146 g/mol. The lowest BCUT2D eigenvalue weighted by molar-refractivity contribution is -0.121. The lowest BCUT2D eigenvalue weighted by atomic mass is 9.86. The van der Waals surface area contributed by atoms with Gasteiger partial charge in [-0.3, -0.25) is 4.79 Å². The molecule has 3 aliphatic carbocycles. The first-order valence-electron chi connectivity index (χ1n) is 4.26. The van der Waals surface area contributed by atoms with Crippen LogP contribution in [0.25, 0.3) is 0 Å². The summed E-state index contributed by atoms with van der Waals surface area (Å²) >= 11 is 0. The Kier molecular flexibility index (Phi) is 0.867. The normalized spacial score (nSPS) is 50.7. The molecule has 2 bridgehead atoms. The van der Waals surface area contributed by atoms with Crippen LogP contribution in [0, 0.1) is 23.7 Å². The van der Waals surface area contributed by atoms with Gasteiger partial charge in [-0.05, 0) is 18.3 Å². The molecule has 4 atom stereocenters. The molecule has 0 amide bonds. The second-order valence-electron chi connectivity index (χ2n) is 3.74. The molecule has 0 heterocycles. The van der Waals surface area contributed by atoms with Crippen molar-refractivity contribution in [2.24, 2.45) is 23.7 Å². The molecule has 3 aliphatic rings. The molecule has 0 aromatic rings. The summed E-state index contributed by atoms with van der Waals surface area (Å²) in [5.41, 5.74) is 0. The molecule has 0 N–H and O–H groups in total. The summed E-state index contributed by atoms with van der Waals surface area (Å²) in [5, 5.41) is 0. The highest BCUT2D eigenvalue weighted by Gasteiger charge is 2.50. The van der Waals surface area contributed by atoms with E-state index in [-0.39, 0.29) is 11.8 Å². The number of Topliss-reactive ketones (excluding diaryl/α,β-unsaturated/α-hetero) is 1. The Morgan fingerprint density at radius 1 is 1.18 bits per heavy atom. The predicted octanol–water partition coefficient (Wildman–Crippen LogP) is 1.56. The maximum atomic E-state index is 11.5. The molecule has 0 aromatic carbocycles. The number of hydrogen-bond donors (Lipinski definition) is 0. The quantitative estimate of drug-likeness (QED) is 0.474. The second-order valence-corrected chi connectivity index (χ2v) is 3.74. The number of hydrogen-bond acceptors (Lipinski definition) is 1. The molecule has 0 spiro atoms. The van der Waals surface area contributed by atoms with Gasteiger partial charge in [0.15, 0.2) is 0 Å². The van der Waals surface area contributed by atoms with Crippen LogP contribution in [0.4, 0.5) is 0 Å². The second kappa shape index (κ2) is 1.66. The van der Waals surface area contributed by atoms with Gasteiger partial charge >= 0.3 is 0 Å². The highest BCUT2D eigenvalue weighted by Crippen LogP contribution is 2.50. The summed E-state index contributed by atoms with van der Waals surface area (Å²) in [6, 6.07) is 0. The van der Waals surface area contributed by atoms with E-state index >= 15 is 0 Å². The van der Waals surface area contributed by atoms with Gasteiger partial charge in [-0.1, -0.05) is 24.3 Å². The van der Waals surface area contributed by atoms with Crippen molar-refractivity contribution < 1.29 is 4.79 Å². The molecule has 1 heteroatoms. The van der Waals surface area contributed by atoms with Gasteiger partial charge in [0.1, 0.15) is 5.78 Å². The van der Waals surface area contributed by atoms with Crippen LogP contribution in [0.5, 0.6) is 0 Å². The van der Waals surface area contributed by atoms with E-state index < -0.39 is 0 Å². The number of carbonyl (C=O) groups is 1. The molecule has 3 rings (SSSR count). The summed E-state index contributed by atoms with van der Waals surface area (Å²) < 4.78 is 0. The highest BCUT2D eigenvalue weighted by molar-refractivity contribution is 5.92. The zero-order valence-electron chi connectivity index (χ0n) is 6.23. The highest BCUT2D eigenvalue weighted by atomic mass is 16.1. The van der Waals surface area contributed by atoms with E-state index in [4.69, 9.17) is 0 Å². The lowest BCUT2D eigenvalue weighted by Gasteiger charge is -2.17. The third-order valence-electron chi connectivity index (χ3n) is 3.32. The zero-order chi connectivity index (χ0) is 7.42. The molecule has 11 heavy (non-hydrogen) atoms. The van der Waals surface area contributed by atoms with Crippen molar-refractivity contribution in [1.29, 1.82) is 0 Å². The monoisotopic (exact) mass is 146 g/mol. The van der Waals surface area contributed by atoms with Gasteiger partial charge < -0.3 is 0 Å². The van der Waals surface area contributed by atoms with Gasteiger partial charge in [0.2, 0.25) is 0 Å². The van der Waals surface area contributed by atoms with Crippen molar-refractivity contribution in [3.63, 3.8) is 0 Å². The fraction of sp³-hybridized carbons (Fsp3) is 0.500. The van der Waals surface area contributed by atoms with E-state index in [0.29, 0.717) is 17.6 Å². The molecule has 1 fully saturated rings. The largest absolute Gasteiger partial charge is 0.298 e. The van der Waals surface area contributed by atoms with Crippen LogP contribution in [-0.2, 0) is 4.79 Å². The minimum atomic E-state index is 0.253. The van der Waals surface area contributed by atoms with Gasteiger partial charge in [0.05, 0.1) is 0 Å². The van der Waals surface area contributed by atoms with E-state index in [1.54, 1.807) is 0 Å². The molecule has 0 radical (unpaired) electrons. The van der Waals surface area contributed by atoms with E-state index in [1.165, 1.54) is 0 Å². The van der Waals surface area contributed by atoms with Crippen LogP contribution in [-0.4, -0.2) is 5.78 Å². The Labute approximate surface area is 65.8 Å². The average Bonchev–Trinajstić information content (AvgIpc) is 2.61. The minimum absolute atomic E-state index is 0.253. The summed E-state index contributed by atoms with van der Waals surface area (Å²) in [4.78, 5) is 11.5. The van der Waals surface area contributed by atoms with Crippen molar-refractivity contribution in [1.82, 2.24) is 0 Å². The molecule has 1 nitrogen and oxygen atoms in total. The van der Waals surface area contributed by atoms with Crippen LogP contribution >= 0.6 is 0 Å². The van der Waals surface area contributed by atoms with Crippen molar-refractivity contribution in [3.8, 4) is 0 Å². The van der Waals surface area contributed by atoms with Crippen molar-refractivity contribution in [2.75, 3.05) is 0 Å². The molecular formula is C10H10O. The summed E-state index contributed by atoms with van der Waals surface area (Å²) in [5.74, 6) is 2.21. The van der Waals surface area contributed by atoms with Crippen LogP contribution < -0.4 is 0 Å². The topological polar surface area (TPSA) is 17.1 Å². The fourth-order valence-electron chi connectivity index (χ4n) is 2.79. The number of fused-ring (bicyclic) bond motifs is 5. The maximum absolute atomic E-state index is 11.5. The molecule has 0 aromatic heterocycles. The van der Waals surface area contributed by atoms with Crippen LogP contribution in [0.2, 0.25) is 0 Å². The summed E-state index contributed by atoms with van der Waals surface area (Å²) in [6.45, 7) is 0. The predicted molar refractivity (Wildman–Crippen MR) is 41.9 cm³/mol. The van der Waals surface area contributed by atoms with Gasteiger partial charge in [-0.25, -0.2) is 0 Å². The lowest BCUT2D eigenvalue weighted by Crippen LogP contribution is -2.12. The molecule has 0 unspecified atom stereocenters. The Morgan fingerprint density at radius 3 is 2.82 bits per heavy atom. The SMILES string of the molecule is O=C1[C@H]2C=C[C@@H]1[C@@H]1CC=C[C@@H]12. The molecule has 56 valence electrons. The smallest absolute Gasteiger partial charge is 0.147 e. The van der Waals surface area contributed by atoms with E-state index in [9.17, 15) is 4.79 Å². The third-order valence-corrected chi connectivity index (χ3v) is 3.32. The van der Waals surface area contributed by atoms with E-state index in [0.717, 1.165) is 6.42 Å². The number of ketones is 1. The first-order valence-corrected chi connectivity index (χ1v) is 4.26. The van der Waals surface area contributed by atoms with Crippen LogP contribution in [0.3, 0.4) is 0 Å². The Morgan fingerprint density at radius 2 is 2.00 bits per heavy atom. The van der Waals surface area contributed by atoms with Crippen molar-refractivity contribution >= 4 is 5.78 Å². The molecular weight excluding hydrogens is 136 g/mol. The number of allylic oxidation sites excluding steroid dienone is 4.